The number of hydrogen-bond acceptors (Lipinski definition) is 5. The molecular weight excluding hydrogens is 262 g/mol. The summed E-state index contributed by atoms with van der Waals surface area (Å²) in [5.41, 5.74) is 2.10. The second kappa shape index (κ2) is 6.86. The summed E-state index contributed by atoms with van der Waals surface area (Å²) in [6, 6.07) is 2.31. The third-order valence-electron chi connectivity index (χ3n) is 2.79. The van der Waals surface area contributed by atoms with Crippen molar-refractivity contribution in [3.63, 3.8) is 0 Å². The minimum Gasteiger partial charge on any atom is -0.373 e. The number of nitrogens with zero attached hydrogens (tertiary/aromatic N) is 2. The molecule has 0 aliphatic carbocycles. The topological polar surface area (TPSA) is 62.3 Å². The van der Waals surface area contributed by atoms with Crippen molar-refractivity contribution in [2.24, 2.45) is 0 Å². The third-order valence-corrected chi connectivity index (χ3v) is 3.71. The molecule has 5 nitrogen and oxygen atoms in total. The number of anilines is 1. The Bertz CT molecular complexity index is 500. The number of hydrogen-bond donors (Lipinski definition) is 1. The highest BCUT2D eigenvalue weighted by Crippen LogP contribution is 2.17. The highest BCUT2D eigenvalue weighted by molar-refractivity contribution is 7.90. The van der Waals surface area contributed by atoms with Gasteiger partial charge in [0.2, 0.25) is 0 Å². The molecule has 6 heteroatoms. The van der Waals surface area contributed by atoms with E-state index in [-0.39, 0.29) is 5.75 Å². The fourth-order valence-corrected chi connectivity index (χ4v) is 2.27. The number of sulfone groups is 1. The maximum absolute atomic E-state index is 11.2. The molecule has 0 radical (unpaired) electrons. The molecular formula is C13H23N3O2S. The summed E-state index contributed by atoms with van der Waals surface area (Å²) in [4.78, 5) is 6.09. The Morgan fingerprint density at radius 1 is 1.42 bits per heavy atom. The molecule has 0 fully saturated rings. The molecule has 0 saturated heterocycles. The van der Waals surface area contributed by atoms with Gasteiger partial charge in [0, 0.05) is 56.1 Å². The predicted octanol–water partition coefficient (Wildman–Crippen LogP) is 1.06. The maximum Gasteiger partial charge on any atom is 0.149 e. The van der Waals surface area contributed by atoms with Crippen LogP contribution in [0.3, 0.4) is 0 Å². The van der Waals surface area contributed by atoms with Gasteiger partial charge in [-0.2, -0.15) is 0 Å². The summed E-state index contributed by atoms with van der Waals surface area (Å²) >= 11 is 0. The van der Waals surface area contributed by atoms with E-state index in [1.807, 2.05) is 24.2 Å². The Kier molecular flexibility index (Phi) is 5.75. The van der Waals surface area contributed by atoms with E-state index in [0.717, 1.165) is 17.8 Å². The highest BCUT2D eigenvalue weighted by Gasteiger charge is 2.10. The number of aromatic nitrogens is 1. The predicted molar refractivity (Wildman–Crippen MR) is 79.2 cm³/mol. The summed E-state index contributed by atoms with van der Waals surface area (Å²) < 4.78 is 22.4. The standard InChI is InChI=1S/C13H23N3O2S/c1-11(2)15-10-12-9-14-6-5-13(12)16(3)7-8-19(4,17)18/h5-6,9,11,15H,7-8,10H2,1-4H3. The van der Waals surface area contributed by atoms with Crippen LogP contribution in [-0.2, 0) is 16.4 Å². The number of pyridine rings is 1. The van der Waals surface area contributed by atoms with Crippen LogP contribution >= 0.6 is 0 Å². The van der Waals surface area contributed by atoms with Gasteiger partial charge in [0.1, 0.15) is 9.84 Å². The highest BCUT2D eigenvalue weighted by atomic mass is 32.2. The molecule has 1 aromatic rings. The second-order valence-electron chi connectivity index (χ2n) is 5.09. The van der Waals surface area contributed by atoms with Crippen LogP contribution in [0, 0.1) is 0 Å². The smallest absolute Gasteiger partial charge is 0.149 e. The molecule has 1 N–H and O–H groups in total. The Hall–Kier alpha value is -1.14. The SMILES string of the molecule is CC(C)NCc1cnccc1N(C)CCS(C)(=O)=O. The van der Waals surface area contributed by atoms with E-state index >= 15 is 0 Å². The summed E-state index contributed by atoms with van der Waals surface area (Å²) in [7, 11) is -1.04. The van der Waals surface area contributed by atoms with Gasteiger partial charge in [0.25, 0.3) is 0 Å². The molecule has 19 heavy (non-hydrogen) atoms. The van der Waals surface area contributed by atoms with Gasteiger partial charge in [-0.1, -0.05) is 13.8 Å². The van der Waals surface area contributed by atoms with Crippen LogP contribution in [0.1, 0.15) is 19.4 Å². The molecule has 1 heterocycles. The molecule has 0 aliphatic rings. The van der Waals surface area contributed by atoms with Crippen molar-refractivity contribution in [2.75, 3.05) is 30.5 Å². The van der Waals surface area contributed by atoms with E-state index in [9.17, 15) is 8.42 Å². The van der Waals surface area contributed by atoms with Crippen LogP contribution in [0.2, 0.25) is 0 Å². The summed E-state index contributed by atoms with van der Waals surface area (Å²) in [6.45, 7) is 5.38. The van der Waals surface area contributed by atoms with Crippen molar-refractivity contribution in [3.05, 3.63) is 24.0 Å². The number of rotatable bonds is 7. The van der Waals surface area contributed by atoms with Gasteiger partial charge in [-0.05, 0) is 6.07 Å². The normalized spacial score (nSPS) is 11.8. The molecule has 0 saturated carbocycles. The molecule has 1 rings (SSSR count). The molecule has 108 valence electrons. The van der Waals surface area contributed by atoms with Crippen LogP contribution < -0.4 is 10.2 Å². The molecule has 1 aromatic heterocycles. The first kappa shape index (κ1) is 15.9. The fraction of sp³-hybridized carbons (Fsp3) is 0.615. The third kappa shape index (κ3) is 6.02. The van der Waals surface area contributed by atoms with E-state index in [2.05, 4.69) is 24.1 Å². The van der Waals surface area contributed by atoms with Crippen molar-refractivity contribution < 1.29 is 8.42 Å². The van der Waals surface area contributed by atoms with Crippen LogP contribution in [0.25, 0.3) is 0 Å². The van der Waals surface area contributed by atoms with Crippen molar-refractivity contribution in [3.8, 4) is 0 Å². The fourth-order valence-electron chi connectivity index (χ4n) is 1.67. The van der Waals surface area contributed by atoms with Crippen LogP contribution in [0.15, 0.2) is 18.5 Å². The zero-order valence-corrected chi connectivity index (χ0v) is 12.9. The minimum atomic E-state index is -2.94. The Balaban J connectivity index is 2.75. The maximum atomic E-state index is 11.2. The average molecular weight is 285 g/mol. The molecule has 0 aliphatic heterocycles. The van der Waals surface area contributed by atoms with E-state index in [1.54, 1.807) is 6.20 Å². The molecule has 0 unspecified atom stereocenters. The first-order valence-electron chi connectivity index (χ1n) is 6.34. The van der Waals surface area contributed by atoms with Gasteiger partial charge < -0.3 is 10.2 Å². The Morgan fingerprint density at radius 2 is 2.11 bits per heavy atom. The van der Waals surface area contributed by atoms with E-state index < -0.39 is 9.84 Å². The lowest BCUT2D eigenvalue weighted by Crippen LogP contribution is -2.28. The van der Waals surface area contributed by atoms with Gasteiger partial charge in [-0.3, -0.25) is 4.98 Å². The van der Waals surface area contributed by atoms with Crippen LogP contribution in [0.5, 0.6) is 0 Å². The van der Waals surface area contributed by atoms with Crippen molar-refractivity contribution >= 4 is 15.5 Å². The Labute approximate surface area is 116 Å². The lowest BCUT2D eigenvalue weighted by Gasteiger charge is -2.22. The minimum absolute atomic E-state index is 0.156. The van der Waals surface area contributed by atoms with Gasteiger partial charge in [-0.15, -0.1) is 0 Å². The monoisotopic (exact) mass is 285 g/mol. The van der Waals surface area contributed by atoms with Crippen molar-refractivity contribution in [2.45, 2.75) is 26.4 Å². The summed E-state index contributed by atoms with van der Waals surface area (Å²) in [6.07, 6.45) is 4.81. The zero-order chi connectivity index (χ0) is 14.5. The molecule has 0 aromatic carbocycles. The van der Waals surface area contributed by atoms with Gasteiger partial charge in [0.05, 0.1) is 5.75 Å². The number of nitrogens with one attached hydrogen (secondary N) is 1. The lowest BCUT2D eigenvalue weighted by atomic mass is 10.2. The molecule has 0 atom stereocenters. The zero-order valence-electron chi connectivity index (χ0n) is 12.0. The molecule has 0 bridgehead atoms. The first-order valence-corrected chi connectivity index (χ1v) is 8.41. The van der Waals surface area contributed by atoms with E-state index in [4.69, 9.17) is 0 Å². The van der Waals surface area contributed by atoms with Gasteiger partial charge in [0.15, 0.2) is 0 Å². The largest absolute Gasteiger partial charge is 0.373 e. The first-order chi connectivity index (χ1) is 8.79. The average Bonchev–Trinajstić information content (AvgIpc) is 2.33. The quantitative estimate of drug-likeness (QED) is 0.811. The summed E-state index contributed by atoms with van der Waals surface area (Å²) in [5.74, 6) is 0.156. The van der Waals surface area contributed by atoms with Crippen molar-refractivity contribution in [1.82, 2.24) is 10.3 Å². The summed E-state index contributed by atoms with van der Waals surface area (Å²) in [5, 5.41) is 3.34. The Morgan fingerprint density at radius 3 is 2.68 bits per heavy atom. The van der Waals surface area contributed by atoms with Gasteiger partial charge >= 0.3 is 0 Å². The van der Waals surface area contributed by atoms with E-state index in [1.165, 1.54) is 6.26 Å². The molecule has 0 amide bonds. The van der Waals surface area contributed by atoms with E-state index in [0.29, 0.717) is 12.6 Å². The van der Waals surface area contributed by atoms with Crippen LogP contribution in [-0.4, -0.2) is 45.0 Å². The van der Waals surface area contributed by atoms with Crippen molar-refractivity contribution in [1.29, 1.82) is 0 Å². The molecule has 0 spiro atoms. The second-order valence-corrected chi connectivity index (χ2v) is 7.35. The lowest BCUT2D eigenvalue weighted by molar-refractivity contribution is 0.587. The van der Waals surface area contributed by atoms with Gasteiger partial charge in [-0.25, -0.2) is 8.42 Å². The van der Waals surface area contributed by atoms with Crippen LogP contribution in [0.4, 0.5) is 5.69 Å².